The molecule has 1 unspecified atom stereocenters. The number of para-hydroxylation sites is 1. The fourth-order valence-corrected chi connectivity index (χ4v) is 11.0. The molecule has 8 nitrogen and oxygen atoms in total. The van der Waals surface area contributed by atoms with E-state index in [0.717, 1.165) is 17.5 Å². The van der Waals surface area contributed by atoms with Crippen LogP contribution < -0.4 is 15.5 Å². The average molecular weight is 926 g/mol. The molecule has 4 atom stereocenters. The van der Waals surface area contributed by atoms with Crippen LogP contribution in [0.15, 0.2) is 158 Å². The van der Waals surface area contributed by atoms with Crippen molar-refractivity contribution in [3.05, 3.63) is 202 Å². The monoisotopic (exact) mass is 925 g/mol. The molecule has 1 saturated heterocycles. The Bertz CT molecular complexity index is 2410. The summed E-state index contributed by atoms with van der Waals surface area (Å²) in [6.45, 7) is 6.49. The molecule has 0 spiro atoms. The molecule has 1 fully saturated rings. The highest BCUT2D eigenvalue weighted by Gasteiger charge is 2.42. The standard InChI is InChI=1S/C55H60FN3O5S2/c1-54(2,3)64-53(63)59(37-44-34-46(36-57-44)66-55(40-16-8-5-9-17-40,41-18-10-6-11-19-41)42-20-12-7-13-21-42)45-31-28-39(27-24-38-25-29-43(56)30-26-38)48(35-45)52(62)58-49(32-33-65-4)51(61)47-22-14-15-23-50(47)60/h5-23,25-26,28-31,35,44,46,49,51,57,60-61H,24,27,32-34,36-37H2,1-4H3,(H,58,62)/t44-,46-,49-,51?/m0/s1. The van der Waals surface area contributed by atoms with Crippen LogP contribution in [0.3, 0.4) is 0 Å². The van der Waals surface area contributed by atoms with Crippen LogP contribution in [0.1, 0.15) is 83.5 Å². The minimum absolute atomic E-state index is 0.0598. The Morgan fingerprint density at radius 1 is 0.818 bits per heavy atom. The molecule has 344 valence electrons. The third kappa shape index (κ3) is 12.0. The maximum Gasteiger partial charge on any atom is 0.414 e. The first-order valence-corrected chi connectivity index (χ1v) is 24.8. The molecule has 7 rings (SSSR count). The van der Waals surface area contributed by atoms with Gasteiger partial charge in [0.2, 0.25) is 0 Å². The summed E-state index contributed by atoms with van der Waals surface area (Å²) >= 11 is 3.51. The molecule has 66 heavy (non-hydrogen) atoms. The summed E-state index contributed by atoms with van der Waals surface area (Å²) in [5, 5.41) is 29.3. The molecule has 1 heterocycles. The molecule has 0 saturated carbocycles. The number of thioether (sulfide) groups is 2. The lowest BCUT2D eigenvalue weighted by atomic mass is 9.84. The minimum atomic E-state index is -1.19. The number of benzene rings is 6. The fraction of sp³-hybridized carbons (Fsp3) is 0.309. The van der Waals surface area contributed by atoms with Gasteiger partial charge < -0.3 is 25.6 Å². The number of nitrogens with one attached hydrogen (secondary N) is 2. The summed E-state index contributed by atoms with van der Waals surface area (Å²) in [4.78, 5) is 30.7. The van der Waals surface area contributed by atoms with Crippen molar-refractivity contribution in [1.82, 2.24) is 10.6 Å². The first-order chi connectivity index (χ1) is 31.8. The van der Waals surface area contributed by atoms with Gasteiger partial charge in [0.15, 0.2) is 0 Å². The molecule has 1 aliphatic heterocycles. The van der Waals surface area contributed by atoms with Gasteiger partial charge in [-0.2, -0.15) is 11.8 Å². The number of hydrogen-bond donors (Lipinski definition) is 4. The topological polar surface area (TPSA) is 111 Å². The van der Waals surface area contributed by atoms with Gasteiger partial charge in [-0.05, 0) is 117 Å². The highest BCUT2D eigenvalue weighted by atomic mass is 32.2. The summed E-state index contributed by atoms with van der Waals surface area (Å²) in [6.07, 6.45) is 2.41. The van der Waals surface area contributed by atoms with Crippen molar-refractivity contribution in [3.8, 4) is 5.75 Å². The Kier molecular flexibility index (Phi) is 16.3. The van der Waals surface area contributed by atoms with Gasteiger partial charge >= 0.3 is 6.09 Å². The second-order valence-electron chi connectivity index (χ2n) is 17.8. The van der Waals surface area contributed by atoms with Crippen LogP contribution in [0.25, 0.3) is 0 Å². The number of carbonyl (C=O) groups is 2. The molecular formula is C55H60FN3O5S2. The average Bonchev–Trinajstić information content (AvgIpc) is 3.77. The van der Waals surface area contributed by atoms with Crippen LogP contribution in [-0.2, 0) is 22.3 Å². The van der Waals surface area contributed by atoms with E-state index in [1.54, 1.807) is 53.1 Å². The highest BCUT2D eigenvalue weighted by Crippen LogP contribution is 2.51. The smallest absolute Gasteiger partial charge is 0.414 e. The van der Waals surface area contributed by atoms with Gasteiger partial charge in [0, 0.05) is 41.2 Å². The van der Waals surface area contributed by atoms with Crippen LogP contribution >= 0.6 is 23.5 Å². The van der Waals surface area contributed by atoms with E-state index in [-0.39, 0.29) is 29.4 Å². The number of aryl methyl sites for hydroxylation is 2. The van der Waals surface area contributed by atoms with Gasteiger partial charge in [-0.1, -0.05) is 127 Å². The van der Waals surface area contributed by atoms with Gasteiger partial charge in [-0.3, -0.25) is 9.69 Å². The second-order valence-corrected chi connectivity index (χ2v) is 20.3. The Hall–Kier alpha value is -5.59. The van der Waals surface area contributed by atoms with Crippen LogP contribution in [0.2, 0.25) is 0 Å². The van der Waals surface area contributed by atoms with Crippen molar-refractivity contribution in [2.75, 3.05) is 30.0 Å². The first-order valence-electron chi connectivity index (χ1n) is 22.6. The molecular weight excluding hydrogens is 866 g/mol. The van der Waals surface area contributed by atoms with E-state index >= 15 is 0 Å². The van der Waals surface area contributed by atoms with Crippen LogP contribution in [-0.4, -0.2) is 70.2 Å². The lowest BCUT2D eigenvalue weighted by Crippen LogP contribution is -2.44. The van der Waals surface area contributed by atoms with E-state index in [4.69, 9.17) is 4.74 Å². The maximum atomic E-state index is 14.7. The molecule has 11 heteroatoms. The van der Waals surface area contributed by atoms with Crippen molar-refractivity contribution in [2.24, 2.45) is 0 Å². The summed E-state index contributed by atoms with van der Waals surface area (Å²) in [5.41, 5.74) is 5.53. The van der Waals surface area contributed by atoms with Gasteiger partial charge in [0.25, 0.3) is 5.91 Å². The zero-order valence-electron chi connectivity index (χ0n) is 38.0. The molecule has 6 aromatic rings. The van der Waals surface area contributed by atoms with E-state index in [0.29, 0.717) is 48.4 Å². The third-order valence-electron chi connectivity index (χ3n) is 11.9. The van der Waals surface area contributed by atoms with Gasteiger partial charge in [-0.15, -0.1) is 11.8 Å². The van der Waals surface area contributed by atoms with E-state index in [2.05, 4.69) is 83.4 Å². The molecule has 0 radical (unpaired) electrons. The zero-order valence-corrected chi connectivity index (χ0v) is 39.7. The SMILES string of the molecule is CSCC[C@H](NC(=O)c1cc(N(C[C@@H]2C[C@H](SC(c3ccccc3)(c3ccccc3)c3ccccc3)CN2)C(=O)OC(C)(C)C)ccc1CCc1ccc(F)cc1)C(O)c1ccccc1O. The molecule has 2 amide bonds. The van der Waals surface area contributed by atoms with Gasteiger partial charge in [0.1, 0.15) is 23.3 Å². The number of phenols is 1. The van der Waals surface area contributed by atoms with Gasteiger partial charge in [-0.25, -0.2) is 9.18 Å². The predicted molar refractivity (Wildman–Crippen MR) is 268 cm³/mol. The van der Waals surface area contributed by atoms with Crippen molar-refractivity contribution in [3.63, 3.8) is 0 Å². The summed E-state index contributed by atoms with van der Waals surface area (Å²) < 4.78 is 19.4. The Morgan fingerprint density at radius 2 is 1.41 bits per heavy atom. The summed E-state index contributed by atoms with van der Waals surface area (Å²) in [7, 11) is 0. The number of hydrogen-bond acceptors (Lipinski definition) is 8. The lowest BCUT2D eigenvalue weighted by Gasteiger charge is -2.37. The molecule has 0 aliphatic carbocycles. The highest BCUT2D eigenvalue weighted by molar-refractivity contribution is 8.01. The van der Waals surface area contributed by atoms with Crippen molar-refractivity contribution < 1.29 is 28.9 Å². The van der Waals surface area contributed by atoms with Gasteiger partial charge in [0.05, 0.1) is 10.8 Å². The number of aliphatic hydroxyl groups is 1. The number of rotatable bonds is 18. The van der Waals surface area contributed by atoms with E-state index in [1.165, 1.54) is 34.9 Å². The quantitative estimate of drug-likeness (QED) is 0.0631. The Balaban J connectivity index is 1.21. The number of carbonyl (C=O) groups excluding carboxylic acids is 2. The first kappa shape index (κ1) is 48.3. The van der Waals surface area contributed by atoms with E-state index in [9.17, 15) is 24.2 Å². The maximum absolute atomic E-state index is 14.7. The van der Waals surface area contributed by atoms with Crippen LogP contribution in [0.5, 0.6) is 5.75 Å². The number of anilines is 1. The summed E-state index contributed by atoms with van der Waals surface area (Å²) in [6, 6.07) is 49.4. The van der Waals surface area contributed by atoms with E-state index < -0.39 is 34.5 Å². The largest absolute Gasteiger partial charge is 0.508 e. The number of aromatic hydroxyl groups is 1. The van der Waals surface area contributed by atoms with Crippen molar-refractivity contribution in [2.45, 2.75) is 80.2 Å². The number of halogens is 1. The van der Waals surface area contributed by atoms with Crippen LogP contribution in [0, 0.1) is 5.82 Å². The minimum Gasteiger partial charge on any atom is -0.508 e. The lowest BCUT2D eigenvalue weighted by molar-refractivity contribution is 0.0577. The third-order valence-corrected chi connectivity index (χ3v) is 14.3. The molecule has 0 aromatic heterocycles. The summed E-state index contributed by atoms with van der Waals surface area (Å²) in [5.74, 6) is -0.161. The van der Waals surface area contributed by atoms with Crippen molar-refractivity contribution >= 4 is 41.2 Å². The molecule has 4 N–H and O–H groups in total. The number of aliphatic hydroxyl groups excluding tert-OH is 1. The Morgan fingerprint density at radius 3 is 1.98 bits per heavy atom. The molecule has 0 bridgehead atoms. The molecule has 1 aliphatic rings. The number of amides is 2. The van der Waals surface area contributed by atoms with Crippen LogP contribution in [0.4, 0.5) is 14.9 Å². The zero-order chi connectivity index (χ0) is 46.7. The number of nitrogens with zero attached hydrogens (tertiary/aromatic N) is 1. The van der Waals surface area contributed by atoms with E-state index in [1.807, 2.05) is 69.1 Å². The fourth-order valence-electron chi connectivity index (χ4n) is 8.65. The number of phenolic OH excluding ortho intramolecular Hbond substituents is 1. The number of ether oxygens (including phenoxy) is 1. The second kappa shape index (κ2) is 22.3. The predicted octanol–water partition coefficient (Wildman–Crippen LogP) is 11.1. The Labute approximate surface area is 397 Å². The normalized spacial score (nSPS) is 16.0. The van der Waals surface area contributed by atoms with Crippen molar-refractivity contribution in [1.29, 1.82) is 0 Å². The molecule has 6 aromatic carbocycles.